The van der Waals surface area contributed by atoms with Gasteiger partial charge in [-0.15, -0.1) is 11.3 Å². The van der Waals surface area contributed by atoms with Crippen LogP contribution in [0, 0.1) is 0 Å². The molecular formula is C16H12ClNO3S. The zero-order valence-corrected chi connectivity index (χ0v) is 13.2. The van der Waals surface area contributed by atoms with Gasteiger partial charge in [0.2, 0.25) is 5.90 Å². The Labute approximate surface area is 136 Å². The van der Waals surface area contributed by atoms with Crippen LogP contribution in [0.15, 0.2) is 40.7 Å². The zero-order chi connectivity index (χ0) is 15.7. The van der Waals surface area contributed by atoms with Gasteiger partial charge in [0.05, 0.1) is 17.9 Å². The quantitative estimate of drug-likeness (QED) is 0.831. The third-order valence-electron chi connectivity index (χ3n) is 3.16. The molecule has 0 aliphatic carbocycles. The Morgan fingerprint density at radius 3 is 2.95 bits per heavy atom. The number of thiophene rings is 1. The van der Waals surface area contributed by atoms with E-state index in [0.29, 0.717) is 28.8 Å². The van der Waals surface area contributed by atoms with Crippen molar-refractivity contribution in [3.63, 3.8) is 0 Å². The van der Waals surface area contributed by atoms with E-state index in [1.807, 2.05) is 18.4 Å². The summed E-state index contributed by atoms with van der Waals surface area (Å²) in [5.41, 5.74) is 2.74. The second-order valence-corrected chi connectivity index (χ2v) is 5.92. The maximum absolute atomic E-state index is 11.2. The summed E-state index contributed by atoms with van der Waals surface area (Å²) in [6, 6.07) is 7.11. The van der Waals surface area contributed by atoms with Gasteiger partial charge in [0.15, 0.2) is 0 Å². The molecular weight excluding hydrogens is 322 g/mol. The first-order chi connectivity index (χ1) is 10.6. The fourth-order valence-electron chi connectivity index (χ4n) is 2.32. The molecule has 2 heterocycles. The summed E-state index contributed by atoms with van der Waals surface area (Å²) in [5, 5.41) is 11.6. The van der Waals surface area contributed by atoms with Crippen LogP contribution < -0.4 is 0 Å². The van der Waals surface area contributed by atoms with Gasteiger partial charge in [-0.05, 0) is 30.5 Å². The predicted octanol–water partition coefficient (Wildman–Crippen LogP) is 4.35. The van der Waals surface area contributed by atoms with Gasteiger partial charge in [0.25, 0.3) is 0 Å². The summed E-state index contributed by atoms with van der Waals surface area (Å²) in [6.07, 6.45) is 1.20. The lowest BCUT2D eigenvalue weighted by Crippen LogP contribution is -2.06. The summed E-state index contributed by atoms with van der Waals surface area (Å²) < 4.78 is 5.64. The van der Waals surface area contributed by atoms with Crippen molar-refractivity contribution >= 4 is 46.1 Å². The zero-order valence-electron chi connectivity index (χ0n) is 11.7. The predicted molar refractivity (Wildman–Crippen MR) is 88.3 cm³/mol. The Bertz CT molecular complexity index is 807. The summed E-state index contributed by atoms with van der Waals surface area (Å²) in [5.74, 6) is -0.522. The number of nitrogens with zero attached hydrogens (tertiary/aromatic N) is 1. The summed E-state index contributed by atoms with van der Waals surface area (Å²) in [6.45, 7) is 2.36. The van der Waals surface area contributed by atoms with Gasteiger partial charge in [0.1, 0.15) is 0 Å². The Hall–Kier alpha value is -2.11. The smallest absolute Gasteiger partial charge is 0.328 e. The first-order valence-corrected chi connectivity index (χ1v) is 7.90. The molecule has 22 heavy (non-hydrogen) atoms. The van der Waals surface area contributed by atoms with E-state index in [4.69, 9.17) is 16.3 Å². The van der Waals surface area contributed by atoms with Crippen LogP contribution in [0.2, 0.25) is 5.02 Å². The minimum atomic E-state index is -1.00. The van der Waals surface area contributed by atoms with E-state index in [0.717, 1.165) is 16.0 Å². The van der Waals surface area contributed by atoms with Crippen LogP contribution >= 0.6 is 22.9 Å². The number of aliphatic carboxylic acids is 1. The highest BCUT2D eigenvalue weighted by Crippen LogP contribution is 2.40. The summed E-state index contributed by atoms with van der Waals surface area (Å²) >= 11 is 7.51. The van der Waals surface area contributed by atoms with E-state index in [9.17, 15) is 9.90 Å². The molecule has 2 aromatic rings. The van der Waals surface area contributed by atoms with E-state index in [1.165, 1.54) is 17.4 Å². The number of fused-ring (bicyclic) bond motifs is 2. The fraction of sp³-hybridized carbons (Fsp3) is 0.125. The Morgan fingerprint density at radius 2 is 2.23 bits per heavy atom. The Balaban J connectivity index is 2.32. The van der Waals surface area contributed by atoms with Gasteiger partial charge in [-0.25, -0.2) is 9.79 Å². The number of benzene rings is 1. The lowest BCUT2D eigenvalue weighted by atomic mass is 10.0. The molecule has 0 saturated carbocycles. The SMILES string of the molecule is CCOC1=Nc2cc(Cl)ccc2/C(=C\C(=O)O)c2sccc21. The third-order valence-corrected chi connectivity index (χ3v) is 4.34. The first kappa shape index (κ1) is 14.8. The van der Waals surface area contributed by atoms with Crippen molar-refractivity contribution in [2.45, 2.75) is 6.92 Å². The molecule has 1 aliphatic rings. The highest BCUT2D eigenvalue weighted by atomic mass is 35.5. The molecule has 0 amide bonds. The van der Waals surface area contributed by atoms with Crippen molar-refractivity contribution in [3.05, 3.63) is 56.7 Å². The average Bonchev–Trinajstić information content (AvgIpc) is 2.90. The number of carboxylic acids is 1. The van der Waals surface area contributed by atoms with Crippen LogP contribution in [0.25, 0.3) is 5.57 Å². The van der Waals surface area contributed by atoms with Crippen molar-refractivity contribution in [3.8, 4) is 0 Å². The van der Waals surface area contributed by atoms with E-state index in [-0.39, 0.29) is 0 Å². The third kappa shape index (κ3) is 2.65. The van der Waals surface area contributed by atoms with Gasteiger partial charge < -0.3 is 9.84 Å². The topological polar surface area (TPSA) is 58.9 Å². The molecule has 1 aromatic carbocycles. The summed E-state index contributed by atoms with van der Waals surface area (Å²) in [7, 11) is 0. The lowest BCUT2D eigenvalue weighted by molar-refractivity contribution is -0.131. The molecule has 0 radical (unpaired) electrons. The van der Waals surface area contributed by atoms with Crippen molar-refractivity contribution in [1.82, 2.24) is 0 Å². The van der Waals surface area contributed by atoms with Crippen LogP contribution in [-0.2, 0) is 9.53 Å². The molecule has 0 bridgehead atoms. The normalized spacial score (nSPS) is 14.8. The summed E-state index contributed by atoms with van der Waals surface area (Å²) in [4.78, 5) is 16.6. The molecule has 1 N–H and O–H groups in total. The first-order valence-electron chi connectivity index (χ1n) is 6.64. The van der Waals surface area contributed by atoms with Crippen LogP contribution in [0.3, 0.4) is 0 Å². The van der Waals surface area contributed by atoms with E-state index in [2.05, 4.69) is 4.99 Å². The maximum atomic E-state index is 11.2. The Kier molecular flexibility index (Phi) is 4.00. The average molecular weight is 334 g/mol. The number of hydrogen-bond acceptors (Lipinski definition) is 4. The molecule has 3 rings (SSSR count). The van der Waals surface area contributed by atoms with Gasteiger partial charge in [-0.3, -0.25) is 0 Å². The van der Waals surface area contributed by atoms with Crippen LogP contribution in [-0.4, -0.2) is 23.6 Å². The number of carboxylic acid groups (broad SMARTS) is 1. The van der Waals surface area contributed by atoms with E-state index in [1.54, 1.807) is 18.2 Å². The number of halogens is 1. The minimum absolute atomic E-state index is 0.474. The molecule has 4 nitrogen and oxygen atoms in total. The minimum Gasteiger partial charge on any atom is -0.478 e. The second kappa shape index (κ2) is 5.94. The second-order valence-electron chi connectivity index (χ2n) is 4.57. The fourth-order valence-corrected chi connectivity index (χ4v) is 3.40. The standard InChI is InChI=1S/C16H12ClNO3S/c1-2-21-16-11-5-6-22-15(11)12(8-14(19)20)10-4-3-9(17)7-13(10)18-16/h3-8H,2H2,1H3,(H,19,20)/b12-8+. The molecule has 0 spiro atoms. The number of carbonyl (C=O) groups is 1. The largest absolute Gasteiger partial charge is 0.478 e. The van der Waals surface area contributed by atoms with Gasteiger partial charge in [-0.1, -0.05) is 17.7 Å². The van der Waals surface area contributed by atoms with Gasteiger partial charge in [0, 0.05) is 27.1 Å². The maximum Gasteiger partial charge on any atom is 0.328 e. The van der Waals surface area contributed by atoms with Crippen molar-refractivity contribution in [2.24, 2.45) is 4.99 Å². The molecule has 0 unspecified atom stereocenters. The van der Waals surface area contributed by atoms with Crippen LogP contribution in [0.1, 0.15) is 22.9 Å². The Morgan fingerprint density at radius 1 is 1.41 bits per heavy atom. The van der Waals surface area contributed by atoms with E-state index >= 15 is 0 Å². The monoisotopic (exact) mass is 333 g/mol. The molecule has 1 aliphatic heterocycles. The molecule has 0 atom stereocenters. The van der Waals surface area contributed by atoms with Crippen molar-refractivity contribution < 1.29 is 14.6 Å². The molecule has 0 fully saturated rings. The number of ether oxygens (including phenoxy) is 1. The van der Waals surface area contributed by atoms with Crippen molar-refractivity contribution in [1.29, 1.82) is 0 Å². The number of aliphatic imine (C=N–C) groups is 1. The molecule has 112 valence electrons. The lowest BCUT2D eigenvalue weighted by Gasteiger charge is -2.07. The molecule has 1 aromatic heterocycles. The highest BCUT2D eigenvalue weighted by molar-refractivity contribution is 7.11. The number of hydrogen-bond donors (Lipinski definition) is 1. The molecule has 0 saturated heterocycles. The number of rotatable bonds is 2. The highest BCUT2D eigenvalue weighted by Gasteiger charge is 2.24. The van der Waals surface area contributed by atoms with Crippen LogP contribution in [0.5, 0.6) is 0 Å². The van der Waals surface area contributed by atoms with Crippen LogP contribution in [0.4, 0.5) is 5.69 Å². The van der Waals surface area contributed by atoms with E-state index < -0.39 is 5.97 Å². The van der Waals surface area contributed by atoms with Gasteiger partial charge in [-0.2, -0.15) is 0 Å². The van der Waals surface area contributed by atoms with Gasteiger partial charge >= 0.3 is 5.97 Å². The van der Waals surface area contributed by atoms with Crippen molar-refractivity contribution in [2.75, 3.05) is 6.61 Å². The molecule has 6 heteroatoms.